The van der Waals surface area contributed by atoms with E-state index in [0.717, 1.165) is 12.8 Å². The van der Waals surface area contributed by atoms with Gasteiger partial charge in [0.1, 0.15) is 0 Å². The molecule has 0 aromatic heterocycles. The van der Waals surface area contributed by atoms with Crippen LogP contribution in [-0.4, -0.2) is 35.0 Å². The minimum absolute atomic E-state index is 0.113. The fourth-order valence-corrected chi connectivity index (χ4v) is 3.45. The van der Waals surface area contributed by atoms with Crippen molar-refractivity contribution in [1.82, 2.24) is 9.80 Å². The summed E-state index contributed by atoms with van der Waals surface area (Å²) >= 11 is 0. The van der Waals surface area contributed by atoms with E-state index >= 15 is 0 Å². The fourth-order valence-electron chi connectivity index (χ4n) is 3.45. The molecule has 0 radical (unpaired) electrons. The zero-order chi connectivity index (χ0) is 16.3. The lowest BCUT2D eigenvalue weighted by Gasteiger charge is -2.34. The van der Waals surface area contributed by atoms with Crippen molar-refractivity contribution in [3.8, 4) is 0 Å². The Morgan fingerprint density at radius 3 is 2.45 bits per heavy atom. The SMILES string of the molecule is C=CC[C@@H](CC(C)C)N1C(=O)N(C)[C@@H](C)[C@H]1c1ccccc1. The van der Waals surface area contributed by atoms with Gasteiger partial charge in [0.25, 0.3) is 0 Å². The number of rotatable bonds is 6. The number of likely N-dealkylation sites (N-methyl/N-ethyl adjacent to an activating group) is 1. The molecule has 0 unspecified atom stereocenters. The third-order valence-corrected chi connectivity index (χ3v) is 4.61. The first-order valence-corrected chi connectivity index (χ1v) is 8.18. The molecule has 120 valence electrons. The average Bonchev–Trinajstić information content (AvgIpc) is 2.71. The minimum Gasteiger partial charge on any atom is -0.323 e. The zero-order valence-corrected chi connectivity index (χ0v) is 14.2. The van der Waals surface area contributed by atoms with Gasteiger partial charge >= 0.3 is 6.03 Å². The quantitative estimate of drug-likeness (QED) is 0.711. The van der Waals surface area contributed by atoms with E-state index in [1.807, 2.05) is 36.2 Å². The molecule has 22 heavy (non-hydrogen) atoms. The molecule has 3 nitrogen and oxygen atoms in total. The van der Waals surface area contributed by atoms with Crippen LogP contribution < -0.4 is 0 Å². The van der Waals surface area contributed by atoms with Gasteiger partial charge in [-0.05, 0) is 31.2 Å². The molecule has 1 saturated heterocycles. The summed E-state index contributed by atoms with van der Waals surface area (Å²) in [4.78, 5) is 16.8. The molecule has 3 heteroatoms. The number of benzene rings is 1. The Morgan fingerprint density at radius 2 is 1.91 bits per heavy atom. The first-order valence-electron chi connectivity index (χ1n) is 8.18. The number of carbonyl (C=O) groups excluding carboxylic acids is 1. The maximum atomic E-state index is 12.8. The number of hydrogen-bond acceptors (Lipinski definition) is 1. The van der Waals surface area contributed by atoms with Gasteiger partial charge in [-0.2, -0.15) is 0 Å². The van der Waals surface area contributed by atoms with Gasteiger partial charge in [-0.15, -0.1) is 6.58 Å². The van der Waals surface area contributed by atoms with Gasteiger partial charge in [-0.3, -0.25) is 0 Å². The van der Waals surface area contributed by atoms with Crippen molar-refractivity contribution in [3.63, 3.8) is 0 Å². The van der Waals surface area contributed by atoms with Crippen molar-refractivity contribution in [2.75, 3.05) is 7.05 Å². The molecule has 0 bridgehead atoms. The van der Waals surface area contributed by atoms with Crippen LogP contribution in [0.25, 0.3) is 0 Å². The zero-order valence-electron chi connectivity index (χ0n) is 14.2. The normalized spacial score (nSPS) is 23.2. The fraction of sp³-hybridized carbons (Fsp3) is 0.526. The lowest BCUT2D eigenvalue weighted by Crippen LogP contribution is -2.40. The number of carbonyl (C=O) groups is 1. The molecule has 0 saturated carbocycles. The summed E-state index contributed by atoms with van der Waals surface area (Å²) in [6, 6.07) is 11.0. The molecule has 1 fully saturated rings. The van der Waals surface area contributed by atoms with Crippen molar-refractivity contribution in [3.05, 3.63) is 48.6 Å². The maximum Gasteiger partial charge on any atom is 0.320 e. The van der Waals surface area contributed by atoms with Gasteiger partial charge in [0.05, 0.1) is 12.1 Å². The van der Waals surface area contributed by atoms with E-state index in [-0.39, 0.29) is 24.2 Å². The van der Waals surface area contributed by atoms with Crippen molar-refractivity contribution in [2.45, 2.75) is 51.7 Å². The Morgan fingerprint density at radius 1 is 1.27 bits per heavy atom. The molecule has 1 aromatic carbocycles. The van der Waals surface area contributed by atoms with Gasteiger partial charge in [-0.1, -0.05) is 50.3 Å². The van der Waals surface area contributed by atoms with Crippen LogP contribution in [0.3, 0.4) is 0 Å². The molecule has 1 aliphatic heterocycles. The predicted octanol–water partition coefficient (Wildman–Crippen LogP) is 4.47. The second-order valence-electron chi connectivity index (χ2n) is 6.70. The molecule has 0 N–H and O–H groups in total. The van der Waals surface area contributed by atoms with Gasteiger partial charge in [-0.25, -0.2) is 4.79 Å². The second kappa shape index (κ2) is 6.99. The van der Waals surface area contributed by atoms with Crippen LogP contribution in [0, 0.1) is 5.92 Å². The number of amides is 2. The molecule has 2 rings (SSSR count). The monoisotopic (exact) mass is 300 g/mol. The average molecular weight is 300 g/mol. The topological polar surface area (TPSA) is 23.6 Å². The Labute approximate surface area is 134 Å². The molecule has 1 heterocycles. The lowest BCUT2D eigenvalue weighted by atomic mass is 9.94. The number of hydrogen-bond donors (Lipinski definition) is 0. The van der Waals surface area contributed by atoms with E-state index in [1.54, 1.807) is 0 Å². The molecular formula is C19H28N2O. The van der Waals surface area contributed by atoms with E-state index in [1.165, 1.54) is 5.56 Å². The van der Waals surface area contributed by atoms with E-state index in [2.05, 4.69) is 44.4 Å². The largest absolute Gasteiger partial charge is 0.323 e. The Hall–Kier alpha value is -1.77. The Kier molecular flexibility index (Phi) is 5.28. The Balaban J connectivity index is 2.39. The Bertz CT molecular complexity index is 511. The van der Waals surface area contributed by atoms with E-state index in [4.69, 9.17) is 0 Å². The summed E-state index contributed by atoms with van der Waals surface area (Å²) in [6.07, 6.45) is 3.78. The summed E-state index contributed by atoms with van der Waals surface area (Å²) in [7, 11) is 1.91. The predicted molar refractivity (Wildman–Crippen MR) is 91.7 cm³/mol. The van der Waals surface area contributed by atoms with Crippen LogP contribution in [0.15, 0.2) is 43.0 Å². The smallest absolute Gasteiger partial charge is 0.320 e. The maximum absolute atomic E-state index is 12.8. The third kappa shape index (κ3) is 3.18. The highest BCUT2D eigenvalue weighted by Gasteiger charge is 2.44. The summed E-state index contributed by atoms with van der Waals surface area (Å²) in [5.74, 6) is 0.551. The standard InChI is InChI=1S/C19H28N2O/c1-6-10-17(13-14(2)3)21-18(15(4)20(5)19(21)22)16-11-8-7-9-12-16/h6-9,11-12,14-15,17-18H,1,10,13H2,2-5H3/t15-,17-,18-/m0/s1. The molecule has 0 aliphatic carbocycles. The van der Waals surface area contributed by atoms with Crippen LogP contribution in [0.5, 0.6) is 0 Å². The highest BCUT2D eigenvalue weighted by Crippen LogP contribution is 2.38. The van der Waals surface area contributed by atoms with Crippen LogP contribution in [0.2, 0.25) is 0 Å². The molecule has 1 aliphatic rings. The summed E-state index contributed by atoms with van der Waals surface area (Å²) in [5.41, 5.74) is 1.21. The van der Waals surface area contributed by atoms with Crippen molar-refractivity contribution in [2.24, 2.45) is 5.92 Å². The number of urea groups is 1. The molecule has 0 spiro atoms. The van der Waals surface area contributed by atoms with Crippen molar-refractivity contribution in [1.29, 1.82) is 0 Å². The number of nitrogens with zero attached hydrogens (tertiary/aromatic N) is 2. The van der Waals surface area contributed by atoms with Gasteiger partial charge in [0, 0.05) is 13.1 Å². The summed E-state index contributed by atoms with van der Waals surface area (Å²) in [5, 5.41) is 0. The molecule has 1 aromatic rings. The van der Waals surface area contributed by atoms with Gasteiger partial charge in [0.15, 0.2) is 0 Å². The van der Waals surface area contributed by atoms with Crippen LogP contribution >= 0.6 is 0 Å². The van der Waals surface area contributed by atoms with Crippen LogP contribution in [-0.2, 0) is 0 Å². The first kappa shape index (κ1) is 16.6. The third-order valence-electron chi connectivity index (χ3n) is 4.61. The van der Waals surface area contributed by atoms with Crippen molar-refractivity contribution < 1.29 is 4.79 Å². The molecular weight excluding hydrogens is 272 g/mol. The summed E-state index contributed by atoms with van der Waals surface area (Å²) < 4.78 is 0. The second-order valence-corrected chi connectivity index (χ2v) is 6.70. The van der Waals surface area contributed by atoms with Crippen molar-refractivity contribution >= 4 is 6.03 Å². The van der Waals surface area contributed by atoms with Gasteiger partial charge in [0.2, 0.25) is 0 Å². The summed E-state index contributed by atoms with van der Waals surface area (Å²) in [6.45, 7) is 10.4. The highest BCUT2D eigenvalue weighted by atomic mass is 16.2. The minimum atomic E-state index is 0.113. The molecule has 3 atom stereocenters. The van der Waals surface area contributed by atoms with Gasteiger partial charge < -0.3 is 9.80 Å². The van der Waals surface area contributed by atoms with Crippen LogP contribution in [0.4, 0.5) is 4.79 Å². The first-order chi connectivity index (χ1) is 10.5. The van der Waals surface area contributed by atoms with E-state index in [9.17, 15) is 4.79 Å². The molecule has 2 amide bonds. The lowest BCUT2D eigenvalue weighted by molar-refractivity contribution is 0.156. The highest BCUT2D eigenvalue weighted by molar-refractivity contribution is 5.78. The van der Waals surface area contributed by atoms with E-state index < -0.39 is 0 Å². The van der Waals surface area contributed by atoms with Crippen LogP contribution in [0.1, 0.15) is 45.2 Å². The van der Waals surface area contributed by atoms with E-state index in [0.29, 0.717) is 5.92 Å².